The average molecular weight is 315 g/mol. The van der Waals surface area contributed by atoms with Gasteiger partial charge >= 0.3 is 0 Å². The van der Waals surface area contributed by atoms with E-state index in [-0.39, 0.29) is 11.9 Å². The van der Waals surface area contributed by atoms with E-state index in [1.165, 1.54) is 0 Å². The van der Waals surface area contributed by atoms with Crippen molar-refractivity contribution in [2.45, 2.75) is 50.6 Å². The summed E-state index contributed by atoms with van der Waals surface area (Å²) in [4.78, 5) is 12.2. The molecule has 0 spiro atoms. The van der Waals surface area contributed by atoms with Gasteiger partial charge in [0.1, 0.15) is 0 Å². The molecule has 0 aliphatic heterocycles. The van der Waals surface area contributed by atoms with Crippen LogP contribution in [0.2, 0.25) is 10.0 Å². The molecule has 3 N–H and O–H groups in total. The van der Waals surface area contributed by atoms with Gasteiger partial charge in [-0.25, -0.2) is 0 Å². The molecule has 0 radical (unpaired) electrons. The summed E-state index contributed by atoms with van der Waals surface area (Å²) in [6.45, 7) is 1.96. The van der Waals surface area contributed by atoms with Crippen LogP contribution in [-0.4, -0.2) is 17.5 Å². The largest absolute Gasteiger partial charge is 0.352 e. The molecule has 110 valence electrons. The molecular formula is C15H20Cl2N2O. The lowest BCUT2D eigenvalue weighted by Crippen LogP contribution is -2.54. The van der Waals surface area contributed by atoms with E-state index >= 15 is 0 Å². The van der Waals surface area contributed by atoms with Crippen molar-refractivity contribution < 1.29 is 4.79 Å². The minimum Gasteiger partial charge on any atom is -0.352 e. The van der Waals surface area contributed by atoms with Gasteiger partial charge in [-0.3, -0.25) is 4.79 Å². The Balaban J connectivity index is 1.95. The minimum atomic E-state index is -0.682. The number of nitrogens with one attached hydrogen (secondary N) is 1. The number of carbonyl (C=O) groups excluding carboxylic acids is 1. The molecule has 1 saturated carbocycles. The van der Waals surface area contributed by atoms with Gasteiger partial charge in [0.15, 0.2) is 0 Å². The van der Waals surface area contributed by atoms with Gasteiger partial charge in [0.25, 0.3) is 0 Å². The molecule has 1 aromatic carbocycles. The number of rotatable bonds is 4. The number of amides is 1. The van der Waals surface area contributed by atoms with E-state index in [0.29, 0.717) is 16.5 Å². The molecule has 2 rings (SSSR count). The van der Waals surface area contributed by atoms with Gasteiger partial charge in [0, 0.05) is 16.1 Å². The van der Waals surface area contributed by atoms with Gasteiger partial charge < -0.3 is 11.1 Å². The van der Waals surface area contributed by atoms with Crippen molar-refractivity contribution >= 4 is 29.1 Å². The molecule has 1 unspecified atom stereocenters. The molecule has 0 saturated heterocycles. The first-order valence-corrected chi connectivity index (χ1v) is 7.70. The third kappa shape index (κ3) is 3.66. The summed E-state index contributed by atoms with van der Waals surface area (Å²) in [5.41, 5.74) is 6.43. The number of hydrogen-bond donors (Lipinski definition) is 2. The summed E-state index contributed by atoms with van der Waals surface area (Å²) in [5, 5.41) is 4.24. The number of benzene rings is 1. The predicted octanol–water partition coefficient (Wildman–Crippen LogP) is 3.31. The van der Waals surface area contributed by atoms with Crippen molar-refractivity contribution in [1.82, 2.24) is 5.32 Å². The maximum Gasteiger partial charge on any atom is 0.240 e. The van der Waals surface area contributed by atoms with Crippen molar-refractivity contribution in [3.05, 3.63) is 33.8 Å². The highest BCUT2D eigenvalue weighted by molar-refractivity contribution is 6.35. The number of nitrogens with two attached hydrogens (primary N) is 1. The Morgan fingerprint density at radius 1 is 1.40 bits per heavy atom. The Morgan fingerprint density at radius 2 is 2.05 bits per heavy atom. The zero-order valence-electron chi connectivity index (χ0n) is 11.6. The predicted molar refractivity (Wildman–Crippen MR) is 83.2 cm³/mol. The van der Waals surface area contributed by atoms with E-state index in [1.807, 2.05) is 13.0 Å². The molecule has 20 heavy (non-hydrogen) atoms. The smallest absolute Gasteiger partial charge is 0.240 e. The van der Waals surface area contributed by atoms with Gasteiger partial charge in [-0.2, -0.15) is 0 Å². The molecule has 1 amide bonds. The summed E-state index contributed by atoms with van der Waals surface area (Å²) in [6.07, 6.45) is 4.26. The highest BCUT2D eigenvalue weighted by atomic mass is 35.5. The lowest BCUT2D eigenvalue weighted by molar-refractivity contribution is -0.126. The van der Waals surface area contributed by atoms with E-state index in [1.54, 1.807) is 12.1 Å². The first-order chi connectivity index (χ1) is 9.40. The molecule has 0 aromatic heterocycles. The summed E-state index contributed by atoms with van der Waals surface area (Å²) in [6, 6.07) is 5.40. The van der Waals surface area contributed by atoms with Crippen LogP contribution >= 0.6 is 23.2 Å². The van der Waals surface area contributed by atoms with Gasteiger partial charge in [-0.15, -0.1) is 0 Å². The van der Waals surface area contributed by atoms with Crippen molar-refractivity contribution in [2.24, 2.45) is 5.73 Å². The normalized spacial score (nSPS) is 18.8. The average Bonchev–Trinajstić information content (AvgIpc) is 2.81. The highest BCUT2D eigenvalue weighted by Gasteiger charge is 2.37. The topological polar surface area (TPSA) is 55.1 Å². The monoisotopic (exact) mass is 314 g/mol. The van der Waals surface area contributed by atoms with Crippen LogP contribution in [0.25, 0.3) is 0 Å². The van der Waals surface area contributed by atoms with Crippen LogP contribution in [0.1, 0.15) is 38.2 Å². The highest BCUT2D eigenvalue weighted by Crippen LogP contribution is 2.27. The summed E-state index contributed by atoms with van der Waals surface area (Å²) < 4.78 is 0. The molecule has 1 fully saturated rings. The van der Waals surface area contributed by atoms with E-state index in [2.05, 4.69) is 5.32 Å². The van der Waals surface area contributed by atoms with E-state index in [0.717, 1.165) is 31.2 Å². The van der Waals surface area contributed by atoms with E-state index in [4.69, 9.17) is 28.9 Å². The maximum atomic E-state index is 12.2. The third-order valence-electron chi connectivity index (χ3n) is 3.87. The SMILES string of the molecule is CC(Cc1ccc(Cl)cc1Cl)NC(=O)C1(N)CCCC1. The minimum absolute atomic E-state index is 0.0119. The maximum absolute atomic E-state index is 12.2. The summed E-state index contributed by atoms with van der Waals surface area (Å²) in [7, 11) is 0. The van der Waals surface area contributed by atoms with Crippen molar-refractivity contribution in [2.75, 3.05) is 0 Å². The lowest BCUT2D eigenvalue weighted by atomic mass is 9.97. The fourth-order valence-corrected chi connectivity index (χ4v) is 3.15. The molecular weight excluding hydrogens is 295 g/mol. The van der Waals surface area contributed by atoms with Crippen LogP contribution < -0.4 is 11.1 Å². The molecule has 3 nitrogen and oxygen atoms in total. The van der Waals surface area contributed by atoms with Crippen LogP contribution in [0.15, 0.2) is 18.2 Å². The fourth-order valence-electron chi connectivity index (χ4n) is 2.67. The van der Waals surface area contributed by atoms with Crippen LogP contribution in [0.5, 0.6) is 0 Å². The second kappa shape index (κ2) is 6.33. The van der Waals surface area contributed by atoms with Gasteiger partial charge in [0.05, 0.1) is 5.54 Å². The van der Waals surface area contributed by atoms with Gasteiger partial charge in [0.2, 0.25) is 5.91 Å². The van der Waals surface area contributed by atoms with Crippen LogP contribution in [0, 0.1) is 0 Å². The zero-order valence-corrected chi connectivity index (χ0v) is 13.1. The van der Waals surface area contributed by atoms with Gasteiger partial charge in [-0.1, -0.05) is 42.1 Å². The number of hydrogen-bond acceptors (Lipinski definition) is 2. The Bertz CT molecular complexity index is 499. The van der Waals surface area contributed by atoms with E-state index in [9.17, 15) is 4.79 Å². The molecule has 0 bridgehead atoms. The Hall–Kier alpha value is -0.770. The summed E-state index contributed by atoms with van der Waals surface area (Å²) >= 11 is 12.0. The number of carbonyl (C=O) groups is 1. The molecule has 1 aliphatic rings. The first-order valence-electron chi connectivity index (χ1n) is 6.94. The molecule has 1 aromatic rings. The summed E-state index contributed by atoms with van der Waals surface area (Å²) in [5.74, 6) is -0.0485. The Labute approximate surface area is 129 Å². The number of halogens is 2. The Morgan fingerprint density at radius 3 is 2.65 bits per heavy atom. The van der Waals surface area contributed by atoms with Gasteiger partial charge in [-0.05, 0) is 43.9 Å². The molecule has 0 heterocycles. The third-order valence-corrected chi connectivity index (χ3v) is 4.45. The molecule has 1 aliphatic carbocycles. The standard InChI is InChI=1S/C15H20Cl2N2O/c1-10(8-11-4-5-12(16)9-13(11)17)19-14(20)15(18)6-2-3-7-15/h4-5,9-10H,2-3,6-8,18H2,1H3,(H,19,20). The van der Waals surface area contributed by atoms with Crippen molar-refractivity contribution in [1.29, 1.82) is 0 Å². The van der Waals surface area contributed by atoms with Crippen molar-refractivity contribution in [3.8, 4) is 0 Å². The van der Waals surface area contributed by atoms with Crippen LogP contribution in [-0.2, 0) is 11.2 Å². The van der Waals surface area contributed by atoms with Crippen LogP contribution in [0.3, 0.4) is 0 Å². The van der Waals surface area contributed by atoms with Crippen molar-refractivity contribution in [3.63, 3.8) is 0 Å². The van der Waals surface area contributed by atoms with E-state index < -0.39 is 5.54 Å². The second-order valence-electron chi connectivity index (χ2n) is 5.68. The van der Waals surface area contributed by atoms with Crippen LogP contribution in [0.4, 0.5) is 0 Å². The lowest BCUT2D eigenvalue weighted by Gasteiger charge is -2.25. The fraction of sp³-hybridized carbons (Fsp3) is 0.533. The quantitative estimate of drug-likeness (QED) is 0.895. The molecule has 5 heteroatoms. The molecule has 1 atom stereocenters. The zero-order chi connectivity index (χ0) is 14.8. The second-order valence-corrected chi connectivity index (χ2v) is 6.52. The Kier molecular flexibility index (Phi) is 4.95. The first kappa shape index (κ1) is 15.6.